The molecule has 0 spiro atoms. The van der Waals surface area contributed by atoms with Crippen LogP contribution in [0.4, 0.5) is 21.9 Å². The van der Waals surface area contributed by atoms with Gasteiger partial charge in [-0.2, -0.15) is 5.10 Å². The Morgan fingerprint density at radius 3 is 2.57 bits per heavy atom. The molecule has 3 heterocycles. The number of ether oxygens (including phenoxy) is 3. The number of esters is 1. The molecule has 246 valence electrons. The first-order chi connectivity index (χ1) is 21.8. The quantitative estimate of drug-likeness (QED) is 0.258. The summed E-state index contributed by atoms with van der Waals surface area (Å²) in [5.41, 5.74) is 10.2. The fraction of sp³-hybridized carbons (Fsp3) is 0.485. The first-order valence-corrected chi connectivity index (χ1v) is 15.4. The molecule has 2 aromatic heterocycles. The number of carbonyl (C=O) groups excluding carboxylic acids is 3. The number of nitrogen functional groups attached to an aromatic ring is 1. The molecule has 1 aliphatic carbocycles. The molecule has 5 rings (SSSR count). The van der Waals surface area contributed by atoms with E-state index in [4.69, 9.17) is 19.9 Å². The van der Waals surface area contributed by atoms with E-state index in [1.54, 1.807) is 54.7 Å². The second-order valence-electron chi connectivity index (χ2n) is 13.0. The van der Waals surface area contributed by atoms with Gasteiger partial charge in [0, 0.05) is 38.1 Å². The van der Waals surface area contributed by atoms with Gasteiger partial charge < -0.3 is 30.2 Å². The largest absolute Gasteiger partial charge is 0.477 e. The van der Waals surface area contributed by atoms with Crippen molar-refractivity contribution in [2.24, 2.45) is 18.9 Å². The lowest BCUT2D eigenvalue weighted by Crippen LogP contribution is -2.53. The van der Waals surface area contributed by atoms with Gasteiger partial charge in [-0.05, 0) is 82.7 Å². The molecular weight excluding hydrogens is 590 g/mol. The maximum Gasteiger partial charge on any atom is 0.410 e. The van der Waals surface area contributed by atoms with E-state index in [-0.39, 0.29) is 12.5 Å². The first kappa shape index (κ1) is 32.6. The Morgan fingerprint density at radius 1 is 1.11 bits per heavy atom. The third-order valence-corrected chi connectivity index (χ3v) is 8.13. The summed E-state index contributed by atoms with van der Waals surface area (Å²) >= 11 is 0. The Hall–Kier alpha value is -4.81. The van der Waals surface area contributed by atoms with Crippen LogP contribution in [0, 0.1) is 18.8 Å². The normalized spacial score (nSPS) is 18.2. The lowest BCUT2D eigenvalue weighted by Gasteiger charge is -2.36. The van der Waals surface area contributed by atoms with E-state index in [1.807, 2.05) is 26.1 Å². The lowest BCUT2D eigenvalue weighted by atomic mass is 9.75. The number of carbonyl (C=O) groups is 3. The molecule has 0 unspecified atom stereocenters. The summed E-state index contributed by atoms with van der Waals surface area (Å²) in [5.74, 6) is 0.832. The minimum Gasteiger partial charge on any atom is -0.477 e. The molecule has 2 amide bonds. The standard InChI is InChI=1S/C33H43N7O6/c1-20-11-23(31(42)44-6)14-27(37-20)25-17-36-38(5)30(25)45-19-22-12-21(13-22)16-35-28-15-24(7-8-26(28)34)40-10-9-39(18-29(40)41)32(43)46-33(2,3)4/h7-8,11,14-15,17,21-22,35H,9-10,12-13,16,18-19,34H2,1-6H3. The predicted octanol–water partition coefficient (Wildman–Crippen LogP) is 4.26. The molecule has 1 saturated carbocycles. The number of nitrogens with zero attached hydrogens (tertiary/aromatic N) is 5. The maximum absolute atomic E-state index is 13.0. The van der Waals surface area contributed by atoms with Gasteiger partial charge in [-0.15, -0.1) is 0 Å². The molecule has 2 aliphatic rings. The fourth-order valence-corrected chi connectivity index (χ4v) is 5.74. The van der Waals surface area contributed by atoms with Crippen LogP contribution < -0.4 is 20.7 Å². The van der Waals surface area contributed by atoms with Gasteiger partial charge in [0.05, 0.1) is 48.1 Å². The number of benzene rings is 1. The number of nitrogens with one attached hydrogen (secondary N) is 1. The zero-order valence-corrected chi connectivity index (χ0v) is 27.3. The molecule has 0 atom stereocenters. The second kappa shape index (κ2) is 13.3. The molecule has 3 N–H and O–H groups in total. The maximum atomic E-state index is 13.0. The number of amides is 2. The molecule has 0 radical (unpaired) electrons. The number of aryl methyl sites for hydroxylation is 2. The smallest absolute Gasteiger partial charge is 0.410 e. The van der Waals surface area contributed by atoms with Crippen molar-refractivity contribution < 1.29 is 28.6 Å². The number of hydrogen-bond donors (Lipinski definition) is 2. The Labute approximate surface area is 269 Å². The molecule has 46 heavy (non-hydrogen) atoms. The van der Waals surface area contributed by atoms with Gasteiger partial charge >= 0.3 is 12.1 Å². The number of piperazine rings is 1. The van der Waals surface area contributed by atoms with E-state index in [0.717, 1.165) is 30.8 Å². The molecule has 3 aromatic rings. The van der Waals surface area contributed by atoms with Crippen molar-refractivity contribution in [2.45, 2.75) is 46.1 Å². The molecule has 1 saturated heterocycles. The highest BCUT2D eigenvalue weighted by atomic mass is 16.6. The van der Waals surface area contributed by atoms with Crippen molar-refractivity contribution in [1.82, 2.24) is 19.7 Å². The van der Waals surface area contributed by atoms with Gasteiger partial charge in [-0.3, -0.25) is 14.7 Å². The number of hydrogen-bond acceptors (Lipinski definition) is 10. The number of nitrogens with two attached hydrogens (primary N) is 1. The van der Waals surface area contributed by atoms with E-state index in [1.165, 1.54) is 12.0 Å². The van der Waals surface area contributed by atoms with Crippen LogP contribution in [-0.2, 0) is 21.3 Å². The van der Waals surface area contributed by atoms with Crippen LogP contribution in [0.15, 0.2) is 36.5 Å². The van der Waals surface area contributed by atoms with Crippen molar-refractivity contribution in [2.75, 3.05) is 55.8 Å². The zero-order chi connectivity index (χ0) is 33.2. The minimum atomic E-state index is -0.622. The van der Waals surface area contributed by atoms with E-state index in [2.05, 4.69) is 15.4 Å². The van der Waals surface area contributed by atoms with Crippen molar-refractivity contribution in [1.29, 1.82) is 0 Å². The summed E-state index contributed by atoms with van der Waals surface area (Å²) in [6.45, 7) is 9.23. The van der Waals surface area contributed by atoms with Crippen molar-refractivity contribution in [3.63, 3.8) is 0 Å². The van der Waals surface area contributed by atoms with Crippen LogP contribution in [0.2, 0.25) is 0 Å². The summed E-state index contributed by atoms with van der Waals surface area (Å²) in [5, 5.41) is 7.83. The van der Waals surface area contributed by atoms with Gasteiger partial charge in [-0.1, -0.05) is 0 Å². The molecule has 0 bridgehead atoms. The number of rotatable bonds is 9. The van der Waals surface area contributed by atoms with Crippen LogP contribution in [0.3, 0.4) is 0 Å². The Bertz CT molecular complexity index is 1610. The van der Waals surface area contributed by atoms with E-state index in [0.29, 0.717) is 65.6 Å². The summed E-state index contributed by atoms with van der Waals surface area (Å²) < 4.78 is 18.2. The van der Waals surface area contributed by atoms with Crippen molar-refractivity contribution in [3.05, 3.63) is 47.8 Å². The Kier molecular flexibility index (Phi) is 9.40. The minimum absolute atomic E-state index is 0.0378. The second-order valence-corrected chi connectivity index (χ2v) is 13.0. The molecule has 1 aliphatic heterocycles. The third-order valence-electron chi connectivity index (χ3n) is 8.13. The number of pyridine rings is 1. The average molecular weight is 634 g/mol. The van der Waals surface area contributed by atoms with E-state index >= 15 is 0 Å². The summed E-state index contributed by atoms with van der Waals surface area (Å²) in [4.78, 5) is 45.2. The van der Waals surface area contributed by atoms with Gasteiger partial charge in [0.2, 0.25) is 11.8 Å². The number of aromatic nitrogens is 3. The van der Waals surface area contributed by atoms with Crippen LogP contribution in [0.1, 0.15) is 49.7 Å². The van der Waals surface area contributed by atoms with E-state index in [9.17, 15) is 14.4 Å². The van der Waals surface area contributed by atoms with Gasteiger partial charge in [0.1, 0.15) is 12.1 Å². The van der Waals surface area contributed by atoms with Crippen LogP contribution in [0.25, 0.3) is 11.3 Å². The number of anilines is 3. The van der Waals surface area contributed by atoms with Crippen LogP contribution in [0.5, 0.6) is 5.88 Å². The summed E-state index contributed by atoms with van der Waals surface area (Å²) in [6.07, 6.45) is 3.18. The molecular formula is C33H43N7O6. The summed E-state index contributed by atoms with van der Waals surface area (Å²) in [7, 11) is 3.17. The SMILES string of the molecule is COC(=O)c1cc(C)nc(-c2cnn(C)c2OCC2CC(CNc3cc(N4CCN(C(=O)OC(C)(C)C)CC4=O)ccc3N)C2)c1. The molecule has 13 heteroatoms. The van der Waals surface area contributed by atoms with Crippen molar-refractivity contribution >= 4 is 35.0 Å². The molecule has 13 nitrogen and oxygen atoms in total. The Morgan fingerprint density at radius 2 is 1.87 bits per heavy atom. The van der Waals surface area contributed by atoms with Gasteiger partial charge in [0.25, 0.3) is 0 Å². The highest BCUT2D eigenvalue weighted by Crippen LogP contribution is 2.37. The predicted molar refractivity (Wildman–Crippen MR) is 174 cm³/mol. The monoisotopic (exact) mass is 633 g/mol. The third kappa shape index (κ3) is 7.52. The molecule has 1 aromatic carbocycles. The first-order valence-electron chi connectivity index (χ1n) is 15.4. The highest BCUT2D eigenvalue weighted by Gasteiger charge is 2.32. The lowest BCUT2D eigenvalue weighted by molar-refractivity contribution is -0.121. The fourth-order valence-electron chi connectivity index (χ4n) is 5.74. The van der Waals surface area contributed by atoms with Gasteiger partial charge in [-0.25, -0.2) is 14.3 Å². The topological polar surface area (TPSA) is 154 Å². The molecule has 2 fully saturated rings. The highest BCUT2D eigenvalue weighted by molar-refractivity contribution is 5.98. The number of methoxy groups -OCH3 is 1. The van der Waals surface area contributed by atoms with Gasteiger partial charge in [0.15, 0.2) is 0 Å². The summed E-state index contributed by atoms with van der Waals surface area (Å²) in [6, 6.07) is 8.89. The van der Waals surface area contributed by atoms with E-state index < -0.39 is 17.7 Å². The Balaban J connectivity index is 1.12. The van der Waals surface area contributed by atoms with Crippen molar-refractivity contribution in [3.8, 4) is 17.1 Å². The average Bonchev–Trinajstić information content (AvgIpc) is 3.35. The van der Waals surface area contributed by atoms with Crippen LogP contribution in [-0.4, -0.2) is 83.1 Å². The zero-order valence-electron chi connectivity index (χ0n) is 27.3. The van der Waals surface area contributed by atoms with Crippen LogP contribution >= 0.6 is 0 Å².